The fourth-order valence-corrected chi connectivity index (χ4v) is 2.87. The van der Waals surface area contributed by atoms with Gasteiger partial charge in [-0.2, -0.15) is 13.2 Å². The van der Waals surface area contributed by atoms with Gasteiger partial charge in [0.15, 0.2) is 0 Å². The molecule has 0 radical (unpaired) electrons. The number of hydrogen-bond acceptors (Lipinski definition) is 4. The zero-order valence-corrected chi connectivity index (χ0v) is 11.0. The zero-order chi connectivity index (χ0) is 14.8. The van der Waals surface area contributed by atoms with Gasteiger partial charge in [-0.3, -0.25) is 10.2 Å². The predicted octanol–water partition coefficient (Wildman–Crippen LogP) is 2.58. The topological polar surface area (TPSA) is 64.3 Å². The molecule has 0 spiro atoms. The van der Waals surface area contributed by atoms with Gasteiger partial charge in [0.25, 0.3) is 5.91 Å². The van der Waals surface area contributed by atoms with Crippen LogP contribution in [0.4, 0.5) is 13.2 Å². The quantitative estimate of drug-likeness (QED) is 0.518. The summed E-state index contributed by atoms with van der Waals surface area (Å²) < 4.78 is 41.7. The van der Waals surface area contributed by atoms with Crippen molar-refractivity contribution < 1.29 is 22.7 Å². The number of fused-ring (bicyclic) bond motifs is 1. The number of amides is 1. The molecule has 4 nitrogen and oxygen atoms in total. The van der Waals surface area contributed by atoms with E-state index in [1.165, 1.54) is 0 Å². The van der Waals surface area contributed by atoms with Crippen molar-refractivity contribution in [3.05, 3.63) is 34.7 Å². The highest BCUT2D eigenvalue weighted by atomic mass is 32.1. The second kappa shape index (κ2) is 5.78. The lowest BCUT2D eigenvalue weighted by atomic mass is 10.1. The molecule has 0 saturated heterocycles. The van der Waals surface area contributed by atoms with Crippen LogP contribution < -0.4 is 11.3 Å². The molecule has 1 heterocycles. The summed E-state index contributed by atoms with van der Waals surface area (Å²) in [6, 6.07) is 7.03. The van der Waals surface area contributed by atoms with Crippen LogP contribution in [0.5, 0.6) is 0 Å². The summed E-state index contributed by atoms with van der Waals surface area (Å²) in [6.07, 6.45) is -4.40. The number of carbonyl (C=O) groups excluding carboxylic acids is 1. The number of alkyl halides is 3. The lowest BCUT2D eigenvalue weighted by molar-refractivity contribution is -0.176. The number of halogens is 3. The average molecular weight is 304 g/mol. The summed E-state index contributed by atoms with van der Waals surface area (Å²) >= 11 is 1.16. The molecule has 0 aliphatic carbocycles. The standard InChI is InChI=1S/C12H11F3N2O2S/c13-12(14,15)6-19-5-8-7-3-1-2-4-9(7)20-10(8)11(18)17-16/h1-4H,5-6,16H2,(H,17,18). The van der Waals surface area contributed by atoms with Gasteiger partial charge in [0, 0.05) is 10.3 Å². The molecular weight excluding hydrogens is 293 g/mol. The zero-order valence-electron chi connectivity index (χ0n) is 10.2. The van der Waals surface area contributed by atoms with Crippen molar-refractivity contribution in [3.63, 3.8) is 0 Å². The number of hydrogen-bond donors (Lipinski definition) is 2. The maximum absolute atomic E-state index is 12.1. The number of nitrogens with one attached hydrogen (secondary N) is 1. The first-order valence-corrected chi connectivity index (χ1v) is 6.40. The van der Waals surface area contributed by atoms with Crippen LogP contribution in [0.2, 0.25) is 0 Å². The minimum Gasteiger partial charge on any atom is -0.367 e. The van der Waals surface area contributed by atoms with E-state index < -0.39 is 18.7 Å². The molecule has 0 aliphatic heterocycles. The molecular formula is C12H11F3N2O2S. The van der Waals surface area contributed by atoms with Crippen LogP contribution in [-0.2, 0) is 11.3 Å². The third kappa shape index (κ3) is 3.27. The van der Waals surface area contributed by atoms with Crippen LogP contribution in [0.25, 0.3) is 10.1 Å². The first kappa shape index (κ1) is 14.8. The summed E-state index contributed by atoms with van der Waals surface area (Å²) in [5.74, 6) is 4.53. The molecule has 0 aliphatic rings. The highest BCUT2D eigenvalue weighted by molar-refractivity contribution is 7.21. The molecule has 108 valence electrons. The molecule has 0 bridgehead atoms. The van der Waals surface area contributed by atoms with E-state index in [0.717, 1.165) is 16.0 Å². The first-order chi connectivity index (χ1) is 9.42. The predicted molar refractivity (Wildman–Crippen MR) is 69.2 cm³/mol. The Morgan fingerprint density at radius 3 is 2.70 bits per heavy atom. The average Bonchev–Trinajstić information content (AvgIpc) is 2.76. The number of nitrogens with two attached hydrogens (primary N) is 1. The summed E-state index contributed by atoms with van der Waals surface area (Å²) in [5, 5.41) is 0.693. The summed E-state index contributed by atoms with van der Waals surface area (Å²) in [4.78, 5) is 11.9. The van der Waals surface area contributed by atoms with Crippen LogP contribution >= 0.6 is 11.3 Å². The minimum atomic E-state index is -4.40. The Kier molecular flexibility index (Phi) is 4.26. The molecule has 0 fully saturated rings. The molecule has 2 aromatic rings. The third-order valence-electron chi connectivity index (χ3n) is 2.55. The molecule has 0 saturated carbocycles. The second-order valence-corrected chi connectivity index (χ2v) is 5.04. The van der Waals surface area contributed by atoms with Gasteiger partial charge in [0.2, 0.25) is 0 Å². The molecule has 8 heteroatoms. The Balaban J connectivity index is 2.31. The number of rotatable bonds is 4. The van der Waals surface area contributed by atoms with Crippen LogP contribution in [0.3, 0.4) is 0 Å². The fourth-order valence-electron chi connectivity index (χ4n) is 1.76. The Hall–Kier alpha value is -1.64. The Bertz CT molecular complexity index is 625. The Labute approximate surface area is 116 Å². The highest BCUT2D eigenvalue weighted by Gasteiger charge is 2.28. The number of thiophene rings is 1. The van der Waals surface area contributed by atoms with E-state index in [1.54, 1.807) is 24.3 Å². The first-order valence-electron chi connectivity index (χ1n) is 5.58. The van der Waals surface area contributed by atoms with Gasteiger partial charge in [-0.1, -0.05) is 18.2 Å². The number of hydrazine groups is 1. The molecule has 0 atom stereocenters. The SMILES string of the molecule is NNC(=O)c1sc2ccccc2c1COCC(F)(F)F. The van der Waals surface area contributed by atoms with Crippen LogP contribution in [0.15, 0.2) is 24.3 Å². The maximum Gasteiger partial charge on any atom is 0.411 e. The lowest BCUT2D eigenvalue weighted by Crippen LogP contribution is -2.30. The van der Waals surface area contributed by atoms with Gasteiger partial charge in [0.1, 0.15) is 6.61 Å². The third-order valence-corrected chi connectivity index (χ3v) is 3.76. The van der Waals surface area contributed by atoms with Crippen molar-refractivity contribution in [3.8, 4) is 0 Å². The number of ether oxygens (including phenoxy) is 1. The monoisotopic (exact) mass is 304 g/mol. The van der Waals surface area contributed by atoms with E-state index in [4.69, 9.17) is 5.84 Å². The van der Waals surface area contributed by atoms with Gasteiger partial charge in [0.05, 0.1) is 11.5 Å². The normalized spacial score (nSPS) is 11.8. The molecule has 20 heavy (non-hydrogen) atoms. The second-order valence-electron chi connectivity index (χ2n) is 3.99. The van der Waals surface area contributed by atoms with Crippen molar-refractivity contribution >= 4 is 27.3 Å². The minimum absolute atomic E-state index is 0.260. The molecule has 1 aromatic carbocycles. The lowest BCUT2D eigenvalue weighted by Gasteiger charge is -2.08. The fraction of sp³-hybridized carbons (Fsp3) is 0.250. The van der Waals surface area contributed by atoms with Gasteiger partial charge in [-0.15, -0.1) is 11.3 Å². The van der Waals surface area contributed by atoms with Gasteiger partial charge in [-0.05, 0) is 11.5 Å². The summed E-state index contributed by atoms with van der Waals surface area (Å²) in [6.45, 7) is -1.66. The Morgan fingerprint density at radius 2 is 2.05 bits per heavy atom. The molecule has 3 N–H and O–H groups in total. The van der Waals surface area contributed by atoms with E-state index in [2.05, 4.69) is 4.74 Å². The van der Waals surface area contributed by atoms with Crippen molar-refractivity contribution in [1.82, 2.24) is 5.43 Å². The van der Waals surface area contributed by atoms with Crippen molar-refractivity contribution in [2.75, 3.05) is 6.61 Å². The Morgan fingerprint density at radius 1 is 1.35 bits per heavy atom. The van der Waals surface area contributed by atoms with Gasteiger partial charge >= 0.3 is 6.18 Å². The van der Waals surface area contributed by atoms with E-state index in [9.17, 15) is 18.0 Å². The molecule has 1 aromatic heterocycles. The van der Waals surface area contributed by atoms with Gasteiger partial charge in [-0.25, -0.2) is 5.84 Å². The number of benzene rings is 1. The molecule has 2 rings (SSSR count). The van der Waals surface area contributed by atoms with Crippen molar-refractivity contribution in [1.29, 1.82) is 0 Å². The van der Waals surface area contributed by atoms with Crippen LogP contribution in [0.1, 0.15) is 15.2 Å². The highest BCUT2D eigenvalue weighted by Crippen LogP contribution is 2.32. The maximum atomic E-state index is 12.1. The smallest absolute Gasteiger partial charge is 0.367 e. The molecule has 0 unspecified atom stereocenters. The van der Waals surface area contributed by atoms with Crippen molar-refractivity contribution in [2.45, 2.75) is 12.8 Å². The summed E-state index contributed by atoms with van der Waals surface area (Å²) in [5.41, 5.74) is 2.40. The van der Waals surface area contributed by atoms with Crippen molar-refractivity contribution in [2.24, 2.45) is 5.84 Å². The van der Waals surface area contributed by atoms with E-state index in [-0.39, 0.29) is 11.5 Å². The van der Waals surface area contributed by atoms with Crippen LogP contribution in [-0.4, -0.2) is 18.7 Å². The molecule has 1 amide bonds. The van der Waals surface area contributed by atoms with Gasteiger partial charge < -0.3 is 4.74 Å². The number of nitrogen functional groups attached to an aromatic ring is 1. The van der Waals surface area contributed by atoms with E-state index in [1.807, 2.05) is 5.43 Å². The number of carbonyl (C=O) groups is 1. The van der Waals surface area contributed by atoms with E-state index >= 15 is 0 Å². The van der Waals surface area contributed by atoms with E-state index in [0.29, 0.717) is 10.9 Å². The van der Waals surface area contributed by atoms with Crippen LogP contribution in [0, 0.1) is 0 Å². The summed E-state index contributed by atoms with van der Waals surface area (Å²) in [7, 11) is 0. The largest absolute Gasteiger partial charge is 0.411 e.